The van der Waals surface area contributed by atoms with Gasteiger partial charge in [0.05, 0.1) is 13.2 Å². The highest BCUT2D eigenvalue weighted by Crippen LogP contribution is 2.25. The highest BCUT2D eigenvalue weighted by Gasteiger charge is 2.17. The fraction of sp³-hybridized carbons (Fsp3) is 0.625. The molecule has 1 aromatic carbocycles. The summed E-state index contributed by atoms with van der Waals surface area (Å²) in [6.45, 7) is 4.89. The summed E-state index contributed by atoms with van der Waals surface area (Å²) >= 11 is 0. The van der Waals surface area contributed by atoms with E-state index in [0.29, 0.717) is 6.04 Å². The van der Waals surface area contributed by atoms with E-state index in [4.69, 9.17) is 4.74 Å². The summed E-state index contributed by atoms with van der Waals surface area (Å²) in [4.78, 5) is 2.48. The number of ether oxygens (including phenoxy) is 1. The number of rotatable bonds is 4. The summed E-state index contributed by atoms with van der Waals surface area (Å²) in [6, 6.07) is 9.46. The molecule has 3 nitrogen and oxygen atoms in total. The van der Waals surface area contributed by atoms with Gasteiger partial charge in [-0.25, -0.2) is 0 Å². The van der Waals surface area contributed by atoms with Crippen LogP contribution in [0.2, 0.25) is 0 Å². The SMILES string of the molecule is c1ccc(NC2CCCC2)c(CN2CCOCC2)c1. The van der Waals surface area contributed by atoms with Gasteiger partial charge in [0.1, 0.15) is 0 Å². The first-order valence-electron chi connectivity index (χ1n) is 7.56. The van der Waals surface area contributed by atoms with Crippen molar-refractivity contribution in [3.63, 3.8) is 0 Å². The topological polar surface area (TPSA) is 24.5 Å². The Morgan fingerprint density at radius 2 is 1.84 bits per heavy atom. The molecule has 2 aliphatic rings. The zero-order chi connectivity index (χ0) is 12.9. The lowest BCUT2D eigenvalue weighted by molar-refractivity contribution is 0.0342. The van der Waals surface area contributed by atoms with E-state index in [9.17, 15) is 0 Å². The van der Waals surface area contributed by atoms with Gasteiger partial charge in [0.15, 0.2) is 0 Å². The van der Waals surface area contributed by atoms with Gasteiger partial charge >= 0.3 is 0 Å². The first kappa shape index (κ1) is 12.9. The minimum atomic E-state index is 0.686. The van der Waals surface area contributed by atoms with Crippen molar-refractivity contribution < 1.29 is 4.74 Å². The summed E-state index contributed by atoms with van der Waals surface area (Å²) in [6.07, 6.45) is 5.41. The van der Waals surface area contributed by atoms with Gasteiger partial charge in [-0.2, -0.15) is 0 Å². The summed E-state index contributed by atoms with van der Waals surface area (Å²) in [5.41, 5.74) is 2.76. The van der Waals surface area contributed by atoms with E-state index in [-0.39, 0.29) is 0 Å². The number of para-hydroxylation sites is 1. The van der Waals surface area contributed by atoms with Crippen molar-refractivity contribution in [2.24, 2.45) is 0 Å². The average molecular weight is 260 g/mol. The number of nitrogens with zero attached hydrogens (tertiary/aromatic N) is 1. The number of benzene rings is 1. The summed E-state index contributed by atoms with van der Waals surface area (Å²) < 4.78 is 5.42. The second-order valence-electron chi connectivity index (χ2n) is 5.67. The van der Waals surface area contributed by atoms with Crippen molar-refractivity contribution in [2.75, 3.05) is 31.6 Å². The van der Waals surface area contributed by atoms with Crippen molar-refractivity contribution in [1.82, 2.24) is 4.90 Å². The minimum absolute atomic E-state index is 0.686. The first-order valence-corrected chi connectivity index (χ1v) is 7.56. The van der Waals surface area contributed by atoms with Gasteiger partial charge in [0.2, 0.25) is 0 Å². The van der Waals surface area contributed by atoms with Crippen LogP contribution in [0.3, 0.4) is 0 Å². The van der Waals surface area contributed by atoms with Gasteiger partial charge in [0.25, 0.3) is 0 Å². The molecule has 2 fully saturated rings. The monoisotopic (exact) mass is 260 g/mol. The Bertz CT molecular complexity index is 395. The molecule has 104 valence electrons. The summed E-state index contributed by atoms with van der Waals surface area (Å²) in [5.74, 6) is 0. The van der Waals surface area contributed by atoms with E-state index in [0.717, 1.165) is 32.8 Å². The standard InChI is InChI=1S/C16H24N2O/c1-4-8-16(17-15-6-2-3-7-15)14(5-1)13-18-9-11-19-12-10-18/h1,4-5,8,15,17H,2-3,6-7,9-13H2. The molecule has 1 aromatic rings. The molecule has 1 aliphatic heterocycles. The third kappa shape index (κ3) is 3.48. The lowest BCUT2D eigenvalue weighted by Crippen LogP contribution is -2.35. The smallest absolute Gasteiger partial charge is 0.0594 e. The Morgan fingerprint density at radius 1 is 1.11 bits per heavy atom. The lowest BCUT2D eigenvalue weighted by atomic mass is 10.1. The van der Waals surface area contributed by atoms with Gasteiger partial charge in [-0.15, -0.1) is 0 Å². The number of nitrogens with one attached hydrogen (secondary N) is 1. The number of hydrogen-bond donors (Lipinski definition) is 1. The van der Waals surface area contributed by atoms with Crippen LogP contribution in [0.1, 0.15) is 31.2 Å². The predicted octanol–water partition coefficient (Wildman–Crippen LogP) is 2.87. The second kappa shape index (κ2) is 6.40. The zero-order valence-corrected chi connectivity index (χ0v) is 11.6. The second-order valence-corrected chi connectivity index (χ2v) is 5.67. The van der Waals surface area contributed by atoms with Crippen LogP contribution in [-0.2, 0) is 11.3 Å². The third-order valence-electron chi connectivity index (χ3n) is 4.23. The number of morpholine rings is 1. The van der Waals surface area contributed by atoms with Crippen LogP contribution in [0.5, 0.6) is 0 Å². The minimum Gasteiger partial charge on any atom is -0.382 e. The molecular weight excluding hydrogens is 236 g/mol. The van der Waals surface area contributed by atoms with Crippen molar-refractivity contribution in [3.05, 3.63) is 29.8 Å². The highest BCUT2D eigenvalue weighted by molar-refractivity contribution is 5.51. The molecule has 1 saturated heterocycles. The Hall–Kier alpha value is -1.06. The fourth-order valence-corrected chi connectivity index (χ4v) is 3.09. The van der Waals surface area contributed by atoms with Gasteiger partial charge in [-0.05, 0) is 24.5 Å². The van der Waals surface area contributed by atoms with E-state index in [2.05, 4.69) is 34.5 Å². The maximum Gasteiger partial charge on any atom is 0.0594 e. The van der Waals surface area contributed by atoms with Gasteiger partial charge in [-0.3, -0.25) is 4.90 Å². The van der Waals surface area contributed by atoms with E-state index < -0.39 is 0 Å². The van der Waals surface area contributed by atoms with E-state index in [1.165, 1.54) is 36.9 Å². The first-order chi connectivity index (χ1) is 9.42. The molecule has 0 unspecified atom stereocenters. The molecule has 19 heavy (non-hydrogen) atoms. The quantitative estimate of drug-likeness (QED) is 0.901. The fourth-order valence-electron chi connectivity index (χ4n) is 3.09. The highest BCUT2D eigenvalue weighted by atomic mass is 16.5. The van der Waals surface area contributed by atoms with Crippen LogP contribution in [-0.4, -0.2) is 37.2 Å². The summed E-state index contributed by atoms with van der Waals surface area (Å²) in [5, 5.41) is 3.74. The molecule has 0 radical (unpaired) electrons. The normalized spacial score (nSPS) is 21.7. The molecule has 3 rings (SSSR count). The molecule has 0 amide bonds. The Labute approximate surface area is 115 Å². The molecular formula is C16H24N2O. The van der Waals surface area contributed by atoms with Crippen LogP contribution in [0, 0.1) is 0 Å². The van der Waals surface area contributed by atoms with Crippen LogP contribution in [0.15, 0.2) is 24.3 Å². The van der Waals surface area contributed by atoms with Crippen molar-refractivity contribution >= 4 is 5.69 Å². The van der Waals surface area contributed by atoms with E-state index >= 15 is 0 Å². The Balaban J connectivity index is 1.65. The predicted molar refractivity (Wildman–Crippen MR) is 78.4 cm³/mol. The molecule has 0 bridgehead atoms. The molecule has 0 spiro atoms. The van der Waals surface area contributed by atoms with Crippen molar-refractivity contribution in [2.45, 2.75) is 38.3 Å². The average Bonchev–Trinajstić information content (AvgIpc) is 2.95. The molecule has 1 aliphatic carbocycles. The van der Waals surface area contributed by atoms with Gasteiger partial charge < -0.3 is 10.1 Å². The molecule has 1 N–H and O–H groups in total. The van der Waals surface area contributed by atoms with Crippen LogP contribution in [0.4, 0.5) is 5.69 Å². The maximum absolute atomic E-state index is 5.42. The van der Waals surface area contributed by atoms with Gasteiger partial charge in [-0.1, -0.05) is 31.0 Å². The molecule has 0 aromatic heterocycles. The Kier molecular flexibility index (Phi) is 4.36. The van der Waals surface area contributed by atoms with Crippen LogP contribution in [0.25, 0.3) is 0 Å². The van der Waals surface area contributed by atoms with Crippen LogP contribution < -0.4 is 5.32 Å². The number of anilines is 1. The molecule has 0 atom stereocenters. The Morgan fingerprint density at radius 3 is 2.63 bits per heavy atom. The van der Waals surface area contributed by atoms with Crippen LogP contribution >= 0.6 is 0 Å². The van der Waals surface area contributed by atoms with E-state index in [1.807, 2.05) is 0 Å². The lowest BCUT2D eigenvalue weighted by Gasteiger charge is -2.28. The largest absolute Gasteiger partial charge is 0.382 e. The third-order valence-corrected chi connectivity index (χ3v) is 4.23. The molecule has 1 heterocycles. The molecule has 3 heteroatoms. The van der Waals surface area contributed by atoms with E-state index in [1.54, 1.807) is 0 Å². The van der Waals surface area contributed by atoms with Crippen molar-refractivity contribution in [1.29, 1.82) is 0 Å². The zero-order valence-electron chi connectivity index (χ0n) is 11.6. The van der Waals surface area contributed by atoms with Gasteiger partial charge in [0, 0.05) is 31.4 Å². The summed E-state index contributed by atoms with van der Waals surface area (Å²) in [7, 11) is 0. The molecule has 1 saturated carbocycles. The van der Waals surface area contributed by atoms with Crippen molar-refractivity contribution in [3.8, 4) is 0 Å². The maximum atomic E-state index is 5.42. The number of hydrogen-bond acceptors (Lipinski definition) is 3.